The highest BCUT2D eigenvalue weighted by Gasteiger charge is 2.21. The van der Waals surface area contributed by atoms with Crippen molar-refractivity contribution in [2.24, 2.45) is 0 Å². The maximum absolute atomic E-state index is 4.57. The van der Waals surface area contributed by atoms with Crippen molar-refractivity contribution in [3.63, 3.8) is 0 Å². The molecule has 0 unspecified atom stereocenters. The van der Waals surface area contributed by atoms with Crippen LogP contribution in [0.2, 0.25) is 0 Å². The third-order valence-corrected chi connectivity index (χ3v) is 4.06. The van der Waals surface area contributed by atoms with Gasteiger partial charge in [-0.15, -0.1) is 0 Å². The van der Waals surface area contributed by atoms with E-state index in [0.717, 1.165) is 24.4 Å². The van der Waals surface area contributed by atoms with Crippen LogP contribution in [0.3, 0.4) is 0 Å². The number of nitrogens with one attached hydrogen (secondary N) is 2. The van der Waals surface area contributed by atoms with Gasteiger partial charge in [0.2, 0.25) is 0 Å². The molecule has 1 aliphatic heterocycles. The molecule has 3 heteroatoms. The second-order valence-electron chi connectivity index (χ2n) is 5.44. The van der Waals surface area contributed by atoms with Gasteiger partial charge < -0.3 is 10.3 Å². The van der Waals surface area contributed by atoms with Crippen molar-refractivity contribution < 1.29 is 0 Å². The van der Waals surface area contributed by atoms with Gasteiger partial charge in [-0.3, -0.25) is 0 Å². The number of hydrogen-bond acceptors (Lipinski definition) is 2. The number of aryl methyl sites for hydroxylation is 1. The minimum absolute atomic E-state index is 0.261. The van der Waals surface area contributed by atoms with Crippen LogP contribution >= 0.6 is 0 Å². The molecule has 104 valence electrons. The minimum atomic E-state index is 0.261. The summed E-state index contributed by atoms with van der Waals surface area (Å²) in [4.78, 5) is 8.03. The molecular formula is C18H17N3. The summed E-state index contributed by atoms with van der Waals surface area (Å²) in [7, 11) is 0. The average molecular weight is 275 g/mol. The lowest BCUT2D eigenvalue weighted by Gasteiger charge is -2.25. The van der Waals surface area contributed by atoms with E-state index in [4.69, 9.17) is 0 Å². The summed E-state index contributed by atoms with van der Waals surface area (Å²) in [6, 6.07) is 19.1. The van der Waals surface area contributed by atoms with Crippen LogP contribution in [0, 0.1) is 0 Å². The second kappa shape index (κ2) is 5.09. The van der Waals surface area contributed by atoms with Crippen molar-refractivity contribution in [1.29, 1.82) is 0 Å². The Bertz CT molecular complexity index is 746. The van der Waals surface area contributed by atoms with Crippen molar-refractivity contribution in [3.05, 3.63) is 72.2 Å². The molecule has 21 heavy (non-hydrogen) atoms. The molecule has 2 heterocycles. The van der Waals surface area contributed by atoms with Crippen LogP contribution in [-0.2, 0) is 6.42 Å². The van der Waals surface area contributed by atoms with Crippen LogP contribution in [0.5, 0.6) is 0 Å². The first kappa shape index (κ1) is 12.2. The molecule has 1 atom stereocenters. The summed E-state index contributed by atoms with van der Waals surface area (Å²) in [6.45, 7) is 0. The predicted octanol–water partition coefficient (Wildman–Crippen LogP) is 4.18. The molecule has 1 aromatic heterocycles. The van der Waals surface area contributed by atoms with E-state index in [-0.39, 0.29) is 6.04 Å². The number of rotatable bonds is 2. The summed E-state index contributed by atoms with van der Waals surface area (Å²) < 4.78 is 0. The van der Waals surface area contributed by atoms with Crippen LogP contribution in [0.1, 0.15) is 23.9 Å². The van der Waals surface area contributed by atoms with Gasteiger partial charge in [-0.25, -0.2) is 4.98 Å². The lowest BCUT2D eigenvalue weighted by Crippen LogP contribution is -2.19. The number of nitrogens with zero attached hydrogens (tertiary/aromatic N) is 1. The minimum Gasteiger partial charge on any atom is -0.375 e. The normalized spacial score (nSPS) is 17.0. The van der Waals surface area contributed by atoms with Crippen LogP contribution < -0.4 is 5.32 Å². The summed E-state index contributed by atoms with van der Waals surface area (Å²) in [6.07, 6.45) is 4.08. The number of aromatic amines is 1. The molecule has 3 aromatic rings. The molecular weight excluding hydrogens is 258 g/mol. The molecule has 4 rings (SSSR count). The van der Waals surface area contributed by atoms with Crippen LogP contribution in [0.15, 0.2) is 60.8 Å². The molecule has 0 aliphatic carbocycles. The maximum Gasteiger partial charge on any atom is 0.129 e. The first-order valence-corrected chi connectivity index (χ1v) is 7.35. The monoisotopic (exact) mass is 275 g/mol. The second-order valence-corrected chi connectivity index (χ2v) is 5.44. The van der Waals surface area contributed by atoms with E-state index >= 15 is 0 Å². The van der Waals surface area contributed by atoms with Crippen LogP contribution in [0.4, 0.5) is 5.69 Å². The van der Waals surface area contributed by atoms with E-state index in [2.05, 4.69) is 51.7 Å². The van der Waals surface area contributed by atoms with Crippen LogP contribution in [0.25, 0.3) is 11.3 Å². The highest BCUT2D eigenvalue weighted by Crippen LogP contribution is 2.31. The van der Waals surface area contributed by atoms with Gasteiger partial charge in [0.1, 0.15) is 5.82 Å². The molecule has 0 saturated carbocycles. The van der Waals surface area contributed by atoms with Gasteiger partial charge in [0.25, 0.3) is 0 Å². The molecule has 0 fully saturated rings. The van der Waals surface area contributed by atoms with Gasteiger partial charge in [-0.2, -0.15) is 0 Å². The highest BCUT2D eigenvalue weighted by atomic mass is 15.0. The van der Waals surface area contributed by atoms with Crippen molar-refractivity contribution in [1.82, 2.24) is 9.97 Å². The van der Waals surface area contributed by atoms with Gasteiger partial charge >= 0.3 is 0 Å². The lowest BCUT2D eigenvalue weighted by molar-refractivity contribution is 0.637. The molecule has 1 aliphatic rings. The summed E-state index contributed by atoms with van der Waals surface area (Å²) >= 11 is 0. The quantitative estimate of drug-likeness (QED) is 0.736. The third kappa shape index (κ3) is 2.31. The Morgan fingerprint density at radius 3 is 2.67 bits per heavy atom. The summed E-state index contributed by atoms with van der Waals surface area (Å²) in [5, 5.41) is 3.58. The Morgan fingerprint density at radius 2 is 1.76 bits per heavy atom. The van der Waals surface area contributed by atoms with E-state index in [0.29, 0.717) is 0 Å². The zero-order valence-electron chi connectivity index (χ0n) is 11.7. The summed E-state index contributed by atoms with van der Waals surface area (Å²) in [5.41, 5.74) is 4.87. The number of fused-ring (bicyclic) bond motifs is 1. The third-order valence-electron chi connectivity index (χ3n) is 4.06. The first-order chi connectivity index (χ1) is 10.4. The first-order valence-electron chi connectivity index (χ1n) is 7.35. The van der Waals surface area contributed by atoms with E-state index in [1.165, 1.54) is 16.8 Å². The maximum atomic E-state index is 4.57. The zero-order valence-corrected chi connectivity index (χ0v) is 11.7. The number of anilines is 1. The van der Waals surface area contributed by atoms with Crippen molar-refractivity contribution in [2.45, 2.75) is 18.9 Å². The van der Waals surface area contributed by atoms with E-state index in [1.807, 2.05) is 24.4 Å². The molecule has 2 N–H and O–H groups in total. The fraction of sp³-hybridized carbons (Fsp3) is 0.167. The van der Waals surface area contributed by atoms with Crippen molar-refractivity contribution >= 4 is 5.69 Å². The number of benzene rings is 2. The number of H-pyrrole nitrogens is 1. The molecule has 0 saturated heterocycles. The standard InChI is InChI=1S/C18H17N3/c1-2-6-13(7-3-1)17-12-19-18(21-17)16-11-10-14-8-4-5-9-15(14)20-16/h1-9,12,16,20H,10-11H2,(H,19,21)/t16-/m1/s1. The molecule has 0 radical (unpaired) electrons. The predicted molar refractivity (Wildman–Crippen MR) is 85.2 cm³/mol. The number of para-hydroxylation sites is 1. The topological polar surface area (TPSA) is 40.7 Å². The Balaban J connectivity index is 1.60. The van der Waals surface area contributed by atoms with Gasteiger partial charge in [0.15, 0.2) is 0 Å². The number of aromatic nitrogens is 2. The van der Waals surface area contributed by atoms with Gasteiger partial charge in [0.05, 0.1) is 17.9 Å². The SMILES string of the molecule is c1ccc(-c2cnc([C@H]3CCc4ccccc4N3)[nH]2)cc1. The lowest BCUT2D eigenvalue weighted by atomic mass is 9.98. The molecule has 0 spiro atoms. The van der Waals surface area contributed by atoms with Gasteiger partial charge in [-0.05, 0) is 30.0 Å². The fourth-order valence-electron chi connectivity index (χ4n) is 2.92. The Morgan fingerprint density at radius 1 is 0.952 bits per heavy atom. The molecule has 2 aromatic carbocycles. The zero-order chi connectivity index (χ0) is 14.1. The smallest absolute Gasteiger partial charge is 0.129 e. The summed E-state index contributed by atoms with van der Waals surface area (Å²) in [5.74, 6) is 1.02. The van der Waals surface area contributed by atoms with Gasteiger partial charge in [-0.1, -0.05) is 48.5 Å². The van der Waals surface area contributed by atoms with Crippen molar-refractivity contribution in [2.75, 3.05) is 5.32 Å². The Hall–Kier alpha value is -2.55. The number of hydrogen-bond donors (Lipinski definition) is 2. The number of imidazole rings is 1. The van der Waals surface area contributed by atoms with E-state index < -0.39 is 0 Å². The molecule has 0 amide bonds. The fourth-order valence-corrected chi connectivity index (χ4v) is 2.92. The molecule has 0 bridgehead atoms. The van der Waals surface area contributed by atoms with Crippen molar-refractivity contribution in [3.8, 4) is 11.3 Å². The molecule has 3 nitrogen and oxygen atoms in total. The van der Waals surface area contributed by atoms with Gasteiger partial charge in [0, 0.05) is 5.69 Å². The Kier molecular flexibility index (Phi) is 2.96. The largest absolute Gasteiger partial charge is 0.375 e. The Labute approximate surface area is 124 Å². The average Bonchev–Trinajstić information content (AvgIpc) is 3.05. The van der Waals surface area contributed by atoms with E-state index in [9.17, 15) is 0 Å². The van der Waals surface area contributed by atoms with E-state index in [1.54, 1.807) is 0 Å². The van der Waals surface area contributed by atoms with Crippen LogP contribution in [-0.4, -0.2) is 9.97 Å². The highest BCUT2D eigenvalue weighted by molar-refractivity contribution is 5.59.